The minimum absolute atomic E-state index is 0.147. The number of quaternary nitrogens is 1. The molecule has 2 unspecified atom stereocenters. The van der Waals surface area contributed by atoms with Crippen molar-refractivity contribution in [2.75, 3.05) is 47.5 Å². The number of carbonyl (C=O) groups is 3. The lowest BCUT2D eigenvalue weighted by Crippen LogP contribution is -2.44. The van der Waals surface area contributed by atoms with Crippen molar-refractivity contribution in [3.63, 3.8) is 0 Å². The number of likely N-dealkylation sites (N-methyl/N-ethyl adjacent to an activating group) is 1. The summed E-state index contributed by atoms with van der Waals surface area (Å²) in [6.45, 7) is 4.66. The molecule has 2 atom stereocenters. The van der Waals surface area contributed by atoms with Crippen LogP contribution in [0.1, 0.15) is 309 Å². The van der Waals surface area contributed by atoms with E-state index in [1.54, 1.807) is 0 Å². The highest BCUT2D eigenvalue weighted by atomic mass is 16.7. The Balaban J connectivity index is 4.11. The average molecular weight is 1140 g/mol. The van der Waals surface area contributed by atoms with Crippen molar-refractivity contribution in [2.24, 2.45) is 0 Å². The number of nitrogens with zero attached hydrogens (tertiary/aromatic N) is 1. The Hall–Kier alpha value is -3.27. The molecule has 0 aliphatic carbocycles. The Morgan fingerprint density at radius 2 is 0.704 bits per heavy atom. The first-order chi connectivity index (χ1) is 39.6. The molecule has 0 heterocycles. The number of aliphatic carboxylic acids is 1. The number of carbonyl (C=O) groups excluding carboxylic acids is 3. The van der Waals surface area contributed by atoms with Crippen molar-refractivity contribution < 1.29 is 42.9 Å². The Morgan fingerprint density at radius 3 is 1.05 bits per heavy atom. The maximum atomic E-state index is 12.9. The molecule has 470 valence electrons. The van der Waals surface area contributed by atoms with Crippen LogP contribution in [0.25, 0.3) is 0 Å². The molecule has 0 aromatic heterocycles. The number of hydrogen-bond acceptors (Lipinski definition) is 8. The summed E-state index contributed by atoms with van der Waals surface area (Å²) >= 11 is 0. The number of carboxylic acid groups (broad SMARTS) is 1. The molecule has 0 amide bonds. The Morgan fingerprint density at radius 1 is 0.383 bits per heavy atom. The largest absolute Gasteiger partial charge is 0.545 e. The van der Waals surface area contributed by atoms with Crippen molar-refractivity contribution in [1.29, 1.82) is 0 Å². The summed E-state index contributed by atoms with van der Waals surface area (Å²) in [5.74, 6) is -2.27. The molecule has 9 heteroatoms. The third-order valence-electron chi connectivity index (χ3n) is 14.9. The normalized spacial score (nSPS) is 13.1. The molecule has 9 nitrogen and oxygen atoms in total. The quantitative estimate of drug-likeness (QED) is 0.0195. The van der Waals surface area contributed by atoms with Crippen molar-refractivity contribution >= 4 is 17.9 Å². The molecule has 0 spiro atoms. The molecule has 0 aromatic carbocycles. The lowest BCUT2D eigenvalue weighted by molar-refractivity contribution is -0.870. The zero-order valence-electron chi connectivity index (χ0n) is 53.7. The molecular formula is C72H129NO8. The second-order valence-electron chi connectivity index (χ2n) is 24.1. The highest BCUT2D eigenvalue weighted by Gasteiger charge is 2.22. The first-order valence-corrected chi connectivity index (χ1v) is 34.1. The molecule has 0 bridgehead atoms. The monoisotopic (exact) mass is 1140 g/mol. The second kappa shape index (κ2) is 62.8. The third kappa shape index (κ3) is 64.1. The minimum Gasteiger partial charge on any atom is -0.545 e. The first-order valence-electron chi connectivity index (χ1n) is 34.1. The van der Waals surface area contributed by atoms with E-state index in [0.29, 0.717) is 23.9 Å². The predicted octanol–water partition coefficient (Wildman–Crippen LogP) is 19.6. The summed E-state index contributed by atoms with van der Waals surface area (Å²) in [7, 11) is 5.93. The van der Waals surface area contributed by atoms with Crippen LogP contribution in [-0.2, 0) is 33.3 Å². The molecule has 0 saturated heterocycles. The Bertz CT molecular complexity index is 1560. The van der Waals surface area contributed by atoms with Crippen LogP contribution in [-0.4, -0.2) is 82.3 Å². The summed E-state index contributed by atoms with van der Waals surface area (Å²) in [6, 6.07) is 0. The fourth-order valence-electron chi connectivity index (χ4n) is 9.74. The van der Waals surface area contributed by atoms with Gasteiger partial charge in [0.25, 0.3) is 0 Å². The van der Waals surface area contributed by atoms with Crippen LogP contribution < -0.4 is 5.11 Å². The zero-order chi connectivity index (χ0) is 59.1. The van der Waals surface area contributed by atoms with Gasteiger partial charge in [-0.3, -0.25) is 9.59 Å². The van der Waals surface area contributed by atoms with Gasteiger partial charge in [0.05, 0.1) is 40.3 Å². The van der Waals surface area contributed by atoms with E-state index in [1.165, 1.54) is 205 Å². The van der Waals surface area contributed by atoms with Gasteiger partial charge in [0, 0.05) is 12.8 Å². The molecule has 0 fully saturated rings. The standard InChI is InChI=1S/C72H129NO8/c1-6-8-10-12-14-16-18-20-22-24-26-28-30-32-34-35-37-38-40-42-44-46-48-50-52-54-56-58-60-62-69(74)79-66-68(67-80-72(71(76)77)78-65-64-73(3,4)5)81-70(75)63-61-59-57-55-53-51-49-47-45-43-41-39-36-33-31-29-27-25-23-21-19-17-15-13-11-9-7-2/h9,11,15,17-18,20-21,23-24,26-27,29,68,72H,6-8,10,12-14,16,19,22,25,28,30-67H2,1-5H3/b11-9-,17-15-,20-18-,23-21-,26-24-,29-27-. The molecular weight excluding hydrogens is 1010 g/mol. The van der Waals surface area contributed by atoms with E-state index < -0.39 is 24.3 Å². The van der Waals surface area contributed by atoms with Gasteiger partial charge in [0.2, 0.25) is 0 Å². The van der Waals surface area contributed by atoms with E-state index in [1.807, 2.05) is 21.1 Å². The fraction of sp³-hybridized carbons (Fsp3) is 0.792. The highest BCUT2D eigenvalue weighted by molar-refractivity contribution is 5.70. The maximum Gasteiger partial charge on any atom is 0.306 e. The smallest absolute Gasteiger partial charge is 0.306 e. The van der Waals surface area contributed by atoms with Gasteiger partial charge in [-0.1, -0.05) is 286 Å². The van der Waals surface area contributed by atoms with Crippen LogP contribution in [0.3, 0.4) is 0 Å². The van der Waals surface area contributed by atoms with Gasteiger partial charge in [0.1, 0.15) is 13.2 Å². The molecule has 0 rings (SSSR count). The summed E-state index contributed by atoms with van der Waals surface area (Å²) in [5.41, 5.74) is 0. The van der Waals surface area contributed by atoms with Crippen molar-refractivity contribution in [3.8, 4) is 0 Å². The van der Waals surface area contributed by atoms with Crippen molar-refractivity contribution in [3.05, 3.63) is 72.9 Å². The summed E-state index contributed by atoms with van der Waals surface area (Å²) in [4.78, 5) is 37.5. The number of unbranched alkanes of at least 4 members (excludes halogenated alkanes) is 36. The minimum atomic E-state index is -1.62. The van der Waals surface area contributed by atoms with Crippen LogP contribution in [0, 0.1) is 0 Å². The molecule has 0 saturated carbocycles. The summed E-state index contributed by atoms with van der Waals surface area (Å²) in [5, 5.41) is 11.8. The lowest BCUT2D eigenvalue weighted by Gasteiger charge is -2.26. The number of carboxylic acids is 1. The van der Waals surface area contributed by atoms with E-state index in [-0.39, 0.29) is 32.2 Å². The van der Waals surface area contributed by atoms with Gasteiger partial charge in [-0.15, -0.1) is 0 Å². The van der Waals surface area contributed by atoms with Crippen LogP contribution in [0.4, 0.5) is 0 Å². The molecule has 81 heavy (non-hydrogen) atoms. The molecule has 0 aromatic rings. The van der Waals surface area contributed by atoms with Crippen molar-refractivity contribution in [2.45, 2.75) is 322 Å². The van der Waals surface area contributed by atoms with Crippen molar-refractivity contribution in [1.82, 2.24) is 0 Å². The summed E-state index contributed by atoms with van der Waals surface area (Å²) in [6.07, 6.45) is 79.7. The van der Waals surface area contributed by atoms with Gasteiger partial charge in [-0.2, -0.15) is 0 Å². The third-order valence-corrected chi connectivity index (χ3v) is 14.9. The van der Waals surface area contributed by atoms with E-state index in [4.69, 9.17) is 18.9 Å². The van der Waals surface area contributed by atoms with Gasteiger partial charge in [-0.25, -0.2) is 0 Å². The van der Waals surface area contributed by atoms with Gasteiger partial charge < -0.3 is 33.3 Å². The topological polar surface area (TPSA) is 111 Å². The first kappa shape index (κ1) is 77.7. The SMILES string of the molecule is CC/C=C\C/C=C\C/C=C\C/C=C\CCCCCCCCCCCCCCCCC(=O)OC(COC(=O)CCCCCCCCCCCCCCCCCCC/C=C\C/C=C\CCCCCCC)COC(OCC[N+](C)(C)C)C(=O)[O-]. The van der Waals surface area contributed by atoms with E-state index in [0.717, 1.165) is 70.6 Å². The Labute approximate surface area is 500 Å². The molecule has 0 aliphatic rings. The molecule has 0 N–H and O–H groups in total. The number of hydrogen-bond donors (Lipinski definition) is 0. The van der Waals surface area contributed by atoms with Gasteiger partial charge in [0.15, 0.2) is 12.4 Å². The number of allylic oxidation sites excluding steroid dienone is 12. The summed E-state index contributed by atoms with van der Waals surface area (Å²) < 4.78 is 22.8. The van der Waals surface area contributed by atoms with Gasteiger partial charge in [-0.05, 0) is 83.5 Å². The predicted molar refractivity (Wildman–Crippen MR) is 343 cm³/mol. The molecule has 0 radical (unpaired) electrons. The van der Waals surface area contributed by atoms with Crippen LogP contribution in [0.2, 0.25) is 0 Å². The van der Waals surface area contributed by atoms with E-state index >= 15 is 0 Å². The second-order valence-corrected chi connectivity index (χ2v) is 24.1. The zero-order valence-corrected chi connectivity index (χ0v) is 53.7. The van der Waals surface area contributed by atoms with E-state index in [9.17, 15) is 19.5 Å². The average Bonchev–Trinajstić information content (AvgIpc) is 3.44. The Kier molecular flexibility index (Phi) is 60.2. The lowest BCUT2D eigenvalue weighted by atomic mass is 10.0. The van der Waals surface area contributed by atoms with Crippen LogP contribution in [0.15, 0.2) is 72.9 Å². The fourth-order valence-corrected chi connectivity index (χ4v) is 9.74. The van der Waals surface area contributed by atoms with Crippen LogP contribution >= 0.6 is 0 Å². The maximum absolute atomic E-state index is 12.9. The number of ether oxygens (including phenoxy) is 4. The number of esters is 2. The molecule has 0 aliphatic heterocycles. The van der Waals surface area contributed by atoms with Crippen LogP contribution in [0.5, 0.6) is 0 Å². The highest BCUT2D eigenvalue weighted by Crippen LogP contribution is 2.18. The van der Waals surface area contributed by atoms with E-state index in [2.05, 4.69) is 86.8 Å². The van der Waals surface area contributed by atoms with Gasteiger partial charge >= 0.3 is 11.9 Å². The number of rotatable bonds is 63.